The molecule has 0 heterocycles. The number of aliphatic carboxylic acids is 1. The zero-order chi connectivity index (χ0) is 18.5. The number of carboxylic acid groups (broad SMARTS) is 1. The molecule has 0 saturated heterocycles. The Morgan fingerprint density at radius 2 is 2.12 bits per heavy atom. The number of carbonyl (C=O) groups is 1. The van der Waals surface area contributed by atoms with E-state index in [1.807, 2.05) is 4.72 Å². The van der Waals surface area contributed by atoms with Gasteiger partial charge in [-0.2, -0.15) is 4.72 Å². The number of nitro groups is 1. The van der Waals surface area contributed by atoms with E-state index in [0.29, 0.717) is 25.0 Å². The maximum Gasteiger partial charge on any atom is 0.321 e. The molecule has 0 aliphatic carbocycles. The zero-order valence-corrected chi connectivity index (χ0v) is 13.8. The van der Waals surface area contributed by atoms with Crippen molar-refractivity contribution < 1.29 is 32.4 Å². The molecule has 1 aromatic rings. The van der Waals surface area contributed by atoms with Crippen molar-refractivity contribution in [3.8, 4) is 5.75 Å². The summed E-state index contributed by atoms with van der Waals surface area (Å²) in [7, 11) is -3.47. The van der Waals surface area contributed by atoms with Crippen molar-refractivity contribution in [1.29, 1.82) is 0 Å². The third kappa shape index (κ3) is 4.61. The molecule has 1 atom stereocenters. The van der Waals surface area contributed by atoms with E-state index in [9.17, 15) is 27.7 Å². The number of nitrogens with one attached hydrogen (secondary N) is 1. The number of hydrogen-bond acceptors (Lipinski definition) is 6. The number of sulfonamides is 1. The molecule has 134 valence electrons. The SMILES string of the molecule is CCCC[C@H](NS(=O)(=O)c1cc(F)c(OC)c([N+](=O)[O-])c1)C(=O)O. The van der Waals surface area contributed by atoms with Crippen LogP contribution in [0.5, 0.6) is 5.75 Å². The van der Waals surface area contributed by atoms with Crippen LogP contribution in [-0.4, -0.2) is 37.6 Å². The monoisotopic (exact) mass is 364 g/mol. The van der Waals surface area contributed by atoms with Gasteiger partial charge in [0.05, 0.1) is 16.9 Å². The minimum absolute atomic E-state index is 0.0335. The maximum absolute atomic E-state index is 13.9. The number of carboxylic acids is 1. The Morgan fingerprint density at radius 3 is 2.58 bits per heavy atom. The number of nitrogens with zero attached hydrogens (tertiary/aromatic N) is 1. The lowest BCUT2D eigenvalue weighted by Gasteiger charge is -2.15. The Labute approximate surface area is 137 Å². The average Bonchev–Trinajstić information content (AvgIpc) is 2.50. The second kappa shape index (κ2) is 8.02. The van der Waals surface area contributed by atoms with E-state index in [1.165, 1.54) is 0 Å². The van der Waals surface area contributed by atoms with Gasteiger partial charge in [0.1, 0.15) is 6.04 Å². The molecule has 2 N–H and O–H groups in total. The normalized spacial score (nSPS) is 12.6. The van der Waals surface area contributed by atoms with Crippen LogP contribution < -0.4 is 9.46 Å². The minimum Gasteiger partial charge on any atom is -0.488 e. The number of rotatable bonds is 9. The van der Waals surface area contributed by atoms with Gasteiger partial charge < -0.3 is 9.84 Å². The van der Waals surface area contributed by atoms with E-state index in [0.717, 1.165) is 7.11 Å². The number of hydrogen-bond donors (Lipinski definition) is 2. The first-order valence-electron chi connectivity index (χ1n) is 6.91. The molecule has 11 heteroatoms. The van der Waals surface area contributed by atoms with Gasteiger partial charge >= 0.3 is 11.7 Å². The second-order valence-corrected chi connectivity index (χ2v) is 6.58. The highest BCUT2D eigenvalue weighted by Crippen LogP contribution is 2.32. The van der Waals surface area contributed by atoms with Crippen LogP contribution in [0.1, 0.15) is 26.2 Å². The Kier molecular flexibility index (Phi) is 6.60. The number of methoxy groups -OCH3 is 1. The van der Waals surface area contributed by atoms with Crippen LogP contribution in [0.15, 0.2) is 17.0 Å². The summed E-state index contributed by atoms with van der Waals surface area (Å²) < 4.78 is 44.8. The summed E-state index contributed by atoms with van der Waals surface area (Å²) >= 11 is 0. The van der Waals surface area contributed by atoms with Gasteiger partial charge in [-0.1, -0.05) is 19.8 Å². The number of ether oxygens (including phenoxy) is 1. The Bertz CT molecular complexity index is 736. The molecule has 0 spiro atoms. The van der Waals surface area contributed by atoms with Gasteiger partial charge in [-0.15, -0.1) is 0 Å². The summed E-state index contributed by atoms with van der Waals surface area (Å²) in [4.78, 5) is 20.3. The standard InChI is InChI=1S/C13H17FN2O7S/c1-3-4-5-10(13(17)18)15-24(21,22)8-6-9(14)12(23-2)11(7-8)16(19)20/h6-7,10,15H,3-5H2,1-2H3,(H,17,18)/t10-/m0/s1. The van der Waals surface area contributed by atoms with Gasteiger partial charge in [0, 0.05) is 6.07 Å². The molecule has 24 heavy (non-hydrogen) atoms. The molecule has 0 saturated carbocycles. The van der Waals surface area contributed by atoms with E-state index in [2.05, 4.69) is 4.74 Å². The summed E-state index contributed by atoms with van der Waals surface area (Å²) in [5.74, 6) is -3.34. The summed E-state index contributed by atoms with van der Waals surface area (Å²) in [5.41, 5.74) is -0.877. The van der Waals surface area contributed by atoms with Crippen molar-refractivity contribution in [3.05, 3.63) is 28.1 Å². The molecule has 0 radical (unpaired) electrons. The molecular weight excluding hydrogens is 347 g/mol. The summed E-state index contributed by atoms with van der Waals surface area (Å²) in [6.45, 7) is 1.80. The first kappa shape index (κ1) is 19.8. The highest BCUT2D eigenvalue weighted by atomic mass is 32.2. The zero-order valence-electron chi connectivity index (χ0n) is 13.0. The topological polar surface area (TPSA) is 136 Å². The molecule has 0 fully saturated rings. The fourth-order valence-corrected chi connectivity index (χ4v) is 3.20. The summed E-state index contributed by atoms with van der Waals surface area (Å²) in [5, 5.41) is 20.0. The Balaban J connectivity index is 3.27. The third-order valence-corrected chi connectivity index (χ3v) is 4.60. The average molecular weight is 364 g/mol. The molecule has 1 rings (SSSR count). The predicted octanol–water partition coefficient (Wildman–Crippen LogP) is 1.66. The molecule has 0 aliphatic heterocycles. The summed E-state index contributed by atoms with van der Waals surface area (Å²) in [6, 6.07) is -0.269. The van der Waals surface area contributed by atoms with E-state index in [-0.39, 0.29) is 6.42 Å². The highest BCUT2D eigenvalue weighted by molar-refractivity contribution is 7.89. The molecule has 0 bridgehead atoms. The molecule has 0 aliphatic rings. The van der Waals surface area contributed by atoms with Crippen molar-refractivity contribution in [2.24, 2.45) is 0 Å². The van der Waals surface area contributed by atoms with Crippen LogP contribution in [0.25, 0.3) is 0 Å². The van der Waals surface area contributed by atoms with Crippen LogP contribution in [0.3, 0.4) is 0 Å². The minimum atomic E-state index is -4.47. The van der Waals surface area contributed by atoms with Crippen molar-refractivity contribution in [2.45, 2.75) is 37.1 Å². The van der Waals surface area contributed by atoms with Crippen molar-refractivity contribution >= 4 is 21.7 Å². The molecule has 0 amide bonds. The van der Waals surface area contributed by atoms with E-state index < -0.39 is 49.1 Å². The Morgan fingerprint density at radius 1 is 1.50 bits per heavy atom. The predicted molar refractivity (Wildman–Crippen MR) is 80.9 cm³/mol. The van der Waals surface area contributed by atoms with E-state index in [1.54, 1.807) is 6.92 Å². The van der Waals surface area contributed by atoms with Gasteiger partial charge in [0.25, 0.3) is 0 Å². The molecule has 1 aromatic carbocycles. The molecule has 0 aromatic heterocycles. The fourth-order valence-electron chi connectivity index (χ4n) is 1.94. The lowest BCUT2D eigenvalue weighted by molar-refractivity contribution is -0.386. The number of benzene rings is 1. The number of halogens is 1. The van der Waals surface area contributed by atoms with Crippen molar-refractivity contribution in [1.82, 2.24) is 4.72 Å². The van der Waals surface area contributed by atoms with Gasteiger partial charge in [0.15, 0.2) is 5.82 Å². The Hall–Kier alpha value is -2.27. The van der Waals surface area contributed by atoms with Gasteiger partial charge in [-0.3, -0.25) is 14.9 Å². The first-order chi connectivity index (χ1) is 11.1. The largest absolute Gasteiger partial charge is 0.488 e. The van der Waals surface area contributed by atoms with Crippen molar-refractivity contribution in [3.63, 3.8) is 0 Å². The smallest absolute Gasteiger partial charge is 0.321 e. The van der Waals surface area contributed by atoms with Gasteiger partial charge in [-0.05, 0) is 12.5 Å². The van der Waals surface area contributed by atoms with Crippen LogP contribution >= 0.6 is 0 Å². The molecule has 0 unspecified atom stereocenters. The highest BCUT2D eigenvalue weighted by Gasteiger charge is 2.29. The number of nitro benzene ring substituents is 1. The maximum atomic E-state index is 13.9. The van der Waals surface area contributed by atoms with Gasteiger partial charge in [0.2, 0.25) is 15.8 Å². The lowest BCUT2D eigenvalue weighted by Crippen LogP contribution is -2.40. The van der Waals surface area contributed by atoms with Crippen LogP contribution in [0, 0.1) is 15.9 Å². The third-order valence-electron chi connectivity index (χ3n) is 3.15. The fraction of sp³-hybridized carbons (Fsp3) is 0.462. The van der Waals surface area contributed by atoms with E-state index >= 15 is 0 Å². The first-order valence-corrected chi connectivity index (χ1v) is 8.39. The lowest BCUT2D eigenvalue weighted by atomic mass is 10.1. The van der Waals surface area contributed by atoms with Crippen LogP contribution in [-0.2, 0) is 14.8 Å². The van der Waals surface area contributed by atoms with Gasteiger partial charge in [-0.25, -0.2) is 12.8 Å². The quantitative estimate of drug-likeness (QED) is 0.502. The molecular formula is C13H17FN2O7S. The molecule has 9 nitrogen and oxygen atoms in total. The summed E-state index contributed by atoms with van der Waals surface area (Å²) in [6.07, 6.45) is 1.14. The van der Waals surface area contributed by atoms with Crippen molar-refractivity contribution in [2.75, 3.05) is 7.11 Å². The van der Waals surface area contributed by atoms with E-state index in [4.69, 9.17) is 5.11 Å². The van der Waals surface area contributed by atoms with Crippen LogP contribution in [0.4, 0.5) is 10.1 Å². The second-order valence-electron chi connectivity index (χ2n) is 4.87. The number of unbranched alkanes of at least 4 members (excludes halogenated alkanes) is 1. The van der Waals surface area contributed by atoms with Crippen LogP contribution in [0.2, 0.25) is 0 Å².